The van der Waals surface area contributed by atoms with E-state index in [0.717, 1.165) is 18.9 Å². The molecule has 5 heteroatoms. The molecule has 0 aliphatic carbocycles. The maximum Gasteiger partial charge on any atom is 0.256 e. The standard InChI is InChI=1S/C16H22F2N2O/c1-16(2,3)10-4-6-20(7-5-10)15(21)11-8-14(19)13(18)9-12(11)17/h8-10H,4-7,19H2,1-3H3. The van der Waals surface area contributed by atoms with Crippen molar-refractivity contribution in [2.75, 3.05) is 18.8 Å². The zero-order chi connectivity index (χ0) is 15.8. The molecule has 0 bridgehead atoms. The number of hydrogen-bond acceptors (Lipinski definition) is 2. The van der Waals surface area contributed by atoms with E-state index in [-0.39, 0.29) is 16.7 Å². The lowest BCUT2D eigenvalue weighted by atomic mass is 9.75. The fourth-order valence-electron chi connectivity index (χ4n) is 2.85. The number of nitrogens with two attached hydrogens (primary N) is 1. The van der Waals surface area contributed by atoms with Gasteiger partial charge in [-0.25, -0.2) is 8.78 Å². The summed E-state index contributed by atoms with van der Waals surface area (Å²) in [5.41, 5.74) is 5.28. The molecule has 2 rings (SSSR count). The van der Waals surface area contributed by atoms with Crippen LogP contribution in [0.5, 0.6) is 0 Å². The highest BCUT2D eigenvalue weighted by Gasteiger charge is 2.31. The number of carbonyl (C=O) groups excluding carboxylic acids is 1. The Bertz CT molecular complexity index is 544. The maximum absolute atomic E-state index is 13.8. The van der Waals surface area contributed by atoms with E-state index in [1.54, 1.807) is 4.90 Å². The molecule has 1 heterocycles. The Balaban J connectivity index is 2.11. The molecule has 1 aromatic rings. The van der Waals surface area contributed by atoms with Crippen molar-refractivity contribution in [2.45, 2.75) is 33.6 Å². The lowest BCUT2D eigenvalue weighted by Gasteiger charge is -2.38. The van der Waals surface area contributed by atoms with Crippen molar-refractivity contribution in [3.05, 3.63) is 29.3 Å². The van der Waals surface area contributed by atoms with Gasteiger partial charge in [-0.2, -0.15) is 0 Å². The molecule has 116 valence electrons. The minimum Gasteiger partial charge on any atom is -0.396 e. The quantitative estimate of drug-likeness (QED) is 0.807. The molecule has 2 N–H and O–H groups in total. The third kappa shape index (κ3) is 3.34. The Hall–Kier alpha value is -1.65. The first-order chi connectivity index (χ1) is 9.70. The summed E-state index contributed by atoms with van der Waals surface area (Å²) in [4.78, 5) is 14.0. The second-order valence-electron chi connectivity index (χ2n) is 6.79. The van der Waals surface area contributed by atoms with E-state index in [1.807, 2.05) is 0 Å². The first-order valence-electron chi connectivity index (χ1n) is 7.24. The van der Waals surface area contributed by atoms with Crippen molar-refractivity contribution in [2.24, 2.45) is 11.3 Å². The van der Waals surface area contributed by atoms with E-state index >= 15 is 0 Å². The molecule has 1 aliphatic heterocycles. The number of likely N-dealkylation sites (tertiary alicyclic amines) is 1. The number of benzene rings is 1. The second kappa shape index (κ2) is 5.62. The van der Waals surface area contributed by atoms with Gasteiger partial charge in [-0.15, -0.1) is 0 Å². The highest BCUT2D eigenvalue weighted by atomic mass is 19.1. The number of piperidine rings is 1. The van der Waals surface area contributed by atoms with Crippen molar-refractivity contribution >= 4 is 11.6 Å². The second-order valence-corrected chi connectivity index (χ2v) is 6.79. The van der Waals surface area contributed by atoms with Gasteiger partial charge in [0.15, 0.2) is 0 Å². The summed E-state index contributed by atoms with van der Waals surface area (Å²) in [6, 6.07) is 1.76. The van der Waals surface area contributed by atoms with Gasteiger partial charge in [0.2, 0.25) is 0 Å². The molecule has 0 aromatic heterocycles. The minimum absolute atomic E-state index is 0.150. The summed E-state index contributed by atoms with van der Waals surface area (Å²) in [6.45, 7) is 7.76. The zero-order valence-corrected chi connectivity index (χ0v) is 12.7. The molecule has 1 aromatic carbocycles. The summed E-state index contributed by atoms with van der Waals surface area (Å²) in [5.74, 6) is -1.56. The lowest BCUT2D eigenvalue weighted by Crippen LogP contribution is -2.41. The van der Waals surface area contributed by atoms with Crippen LogP contribution in [0.25, 0.3) is 0 Å². The van der Waals surface area contributed by atoms with E-state index in [9.17, 15) is 13.6 Å². The van der Waals surface area contributed by atoms with Crippen LogP contribution in [0.15, 0.2) is 12.1 Å². The first-order valence-corrected chi connectivity index (χ1v) is 7.24. The topological polar surface area (TPSA) is 46.3 Å². The van der Waals surface area contributed by atoms with Crippen LogP contribution in [-0.2, 0) is 0 Å². The normalized spacial score (nSPS) is 17.1. The molecule has 1 aliphatic rings. The molecule has 3 nitrogen and oxygen atoms in total. The van der Waals surface area contributed by atoms with Crippen LogP contribution in [-0.4, -0.2) is 23.9 Å². The maximum atomic E-state index is 13.8. The van der Waals surface area contributed by atoms with Crippen LogP contribution < -0.4 is 5.73 Å². The first kappa shape index (κ1) is 15.7. The molecular weight excluding hydrogens is 274 g/mol. The summed E-state index contributed by atoms with van der Waals surface area (Å²) in [7, 11) is 0. The van der Waals surface area contributed by atoms with Gasteiger partial charge in [0, 0.05) is 19.2 Å². The van der Waals surface area contributed by atoms with Crippen LogP contribution >= 0.6 is 0 Å². The van der Waals surface area contributed by atoms with Gasteiger partial charge in [-0.3, -0.25) is 4.79 Å². The average Bonchev–Trinajstić information content (AvgIpc) is 2.41. The molecule has 0 saturated carbocycles. The van der Waals surface area contributed by atoms with Crippen LogP contribution in [0.3, 0.4) is 0 Å². The highest BCUT2D eigenvalue weighted by molar-refractivity contribution is 5.95. The van der Waals surface area contributed by atoms with Crippen LogP contribution in [0.1, 0.15) is 44.0 Å². The number of amides is 1. The van der Waals surface area contributed by atoms with Crippen molar-refractivity contribution < 1.29 is 13.6 Å². The molecule has 0 atom stereocenters. The van der Waals surface area contributed by atoms with E-state index in [1.165, 1.54) is 0 Å². The Kier molecular flexibility index (Phi) is 4.21. The number of anilines is 1. The van der Waals surface area contributed by atoms with Gasteiger partial charge in [0.1, 0.15) is 11.6 Å². The predicted octanol–water partition coefficient (Wildman–Crippen LogP) is 3.45. The Morgan fingerprint density at radius 1 is 1.19 bits per heavy atom. The predicted molar refractivity (Wildman–Crippen MR) is 78.9 cm³/mol. The largest absolute Gasteiger partial charge is 0.396 e. The third-order valence-electron chi connectivity index (χ3n) is 4.32. The van der Waals surface area contributed by atoms with Crippen LogP contribution in [0, 0.1) is 23.0 Å². The minimum atomic E-state index is -0.857. The molecule has 0 radical (unpaired) electrons. The number of hydrogen-bond donors (Lipinski definition) is 1. The van der Waals surface area contributed by atoms with Crippen molar-refractivity contribution in [1.82, 2.24) is 4.90 Å². The molecule has 0 unspecified atom stereocenters. The number of nitrogens with zero attached hydrogens (tertiary/aromatic N) is 1. The fourth-order valence-corrected chi connectivity index (χ4v) is 2.85. The summed E-state index contributed by atoms with van der Waals surface area (Å²) in [6.07, 6.45) is 1.79. The number of rotatable bonds is 1. The summed E-state index contributed by atoms with van der Waals surface area (Å²) < 4.78 is 26.9. The smallest absolute Gasteiger partial charge is 0.256 e. The van der Waals surface area contributed by atoms with Gasteiger partial charge in [-0.1, -0.05) is 20.8 Å². The van der Waals surface area contributed by atoms with Gasteiger partial charge < -0.3 is 10.6 Å². The summed E-state index contributed by atoms with van der Waals surface area (Å²) in [5, 5.41) is 0. The van der Waals surface area contributed by atoms with E-state index in [2.05, 4.69) is 20.8 Å². The Morgan fingerprint density at radius 2 is 1.76 bits per heavy atom. The SMILES string of the molecule is CC(C)(C)C1CCN(C(=O)c2cc(N)c(F)cc2F)CC1. The van der Waals surface area contributed by atoms with Gasteiger partial charge in [0.25, 0.3) is 5.91 Å². The summed E-state index contributed by atoms with van der Waals surface area (Å²) >= 11 is 0. The average molecular weight is 296 g/mol. The zero-order valence-electron chi connectivity index (χ0n) is 12.7. The van der Waals surface area contributed by atoms with Gasteiger partial charge in [-0.05, 0) is 30.2 Å². The van der Waals surface area contributed by atoms with E-state index in [4.69, 9.17) is 5.73 Å². The number of halogens is 2. The van der Waals surface area contributed by atoms with E-state index < -0.39 is 17.5 Å². The van der Waals surface area contributed by atoms with Crippen molar-refractivity contribution in [3.63, 3.8) is 0 Å². The monoisotopic (exact) mass is 296 g/mol. The highest BCUT2D eigenvalue weighted by Crippen LogP contribution is 2.34. The lowest BCUT2D eigenvalue weighted by molar-refractivity contribution is 0.0604. The van der Waals surface area contributed by atoms with Crippen molar-refractivity contribution in [1.29, 1.82) is 0 Å². The Labute approximate surface area is 124 Å². The third-order valence-corrected chi connectivity index (χ3v) is 4.32. The molecule has 1 amide bonds. The van der Waals surface area contributed by atoms with Gasteiger partial charge >= 0.3 is 0 Å². The van der Waals surface area contributed by atoms with Gasteiger partial charge in [0.05, 0.1) is 11.3 Å². The molecule has 21 heavy (non-hydrogen) atoms. The molecule has 1 saturated heterocycles. The van der Waals surface area contributed by atoms with Crippen LogP contribution in [0.4, 0.5) is 14.5 Å². The van der Waals surface area contributed by atoms with Crippen molar-refractivity contribution in [3.8, 4) is 0 Å². The molecule has 0 spiro atoms. The molecule has 1 fully saturated rings. The molecular formula is C16H22F2N2O. The van der Waals surface area contributed by atoms with E-state index in [0.29, 0.717) is 25.1 Å². The van der Waals surface area contributed by atoms with Crippen LogP contribution in [0.2, 0.25) is 0 Å². The number of nitrogen functional groups attached to an aromatic ring is 1. The number of carbonyl (C=O) groups is 1. The fraction of sp³-hybridized carbons (Fsp3) is 0.562. The Morgan fingerprint density at radius 3 is 2.29 bits per heavy atom.